The van der Waals surface area contributed by atoms with Crippen LogP contribution in [0.25, 0.3) is 0 Å². The van der Waals surface area contributed by atoms with Crippen LogP contribution in [-0.4, -0.2) is 48.1 Å². The molecule has 1 aromatic heterocycles. The number of nitrogens with one attached hydrogen (secondary N) is 3. The molecule has 160 valence electrons. The van der Waals surface area contributed by atoms with Crippen molar-refractivity contribution in [3.8, 4) is 0 Å². The van der Waals surface area contributed by atoms with Crippen molar-refractivity contribution < 1.29 is 14.0 Å². The summed E-state index contributed by atoms with van der Waals surface area (Å²) < 4.78 is 13.1. The zero-order valence-corrected chi connectivity index (χ0v) is 16.9. The predicted octanol–water partition coefficient (Wildman–Crippen LogP) is 1.84. The van der Waals surface area contributed by atoms with Crippen LogP contribution in [0.5, 0.6) is 0 Å². The molecule has 1 aliphatic heterocycles. The minimum Gasteiger partial charge on any atom is -0.357 e. The third-order valence-corrected chi connectivity index (χ3v) is 4.40. The van der Waals surface area contributed by atoms with Gasteiger partial charge in [-0.1, -0.05) is 0 Å². The van der Waals surface area contributed by atoms with E-state index in [0.717, 1.165) is 0 Å². The van der Waals surface area contributed by atoms with Crippen molar-refractivity contribution >= 4 is 30.2 Å². The molecule has 0 radical (unpaired) electrons. The van der Waals surface area contributed by atoms with Crippen LogP contribution in [0, 0.1) is 5.82 Å². The number of hydrogen-bond acceptors (Lipinski definition) is 7. The molecule has 1 aliphatic rings. The topological polar surface area (TPSA) is 112 Å². The van der Waals surface area contributed by atoms with Gasteiger partial charge in [-0.2, -0.15) is 0 Å². The zero-order valence-electron chi connectivity index (χ0n) is 16.9. The molecule has 1 aromatic carbocycles. The number of piperazine rings is 1. The van der Waals surface area contributed by atoms with Gasteiger partial charge in [-0.15, -0.1) is 0 Å². The van der Waals surface area contributed by atoms with E-state index >= 15 is 0 Å². The number of anilines is 2. The van der Waals surface area contributed by atoms with Crippen LogP contribution in [0.2, 0.25) is 0 Å². The molecule has 3 rings (SSSR count). The van der Waals surface area contributed by atoms with E-state index in [1.165, 1.54) is 30.7 Å². The average Bonchev–Trinajstić information content (AvgIpc) is 2.78. The fourth-order valence-corrected chi connectivity index (χ4v) is 2.81. The number of halogens is 1. The molecule has 0 bridgehead atoms. The number of benzene rings is 1. The lowest BCUT2D eigenvalue weighted by molar-refractivity contribution is -0.120. The van der Waals surface area contributed by atoms with Crippen molar-refractivity contribution in [1.82, 2.24) is 20.6 Å². The SMILES string of the molecule is C=N/C=C\C(NC(=O)c1cnc(N2CCNC(=O)C2)nc1)=C(/C)Nc1ccc(F)cc1. The minimum absolute atomic E-state index is 0.0989. The lowest BCUT2D eigenvalue weighted by Crippen LogP contribution is -2.48. The van der Waals surface area contributed by atoms with Gasteiger partial charge in [0.05, 0.1) is 17.8 Å². The molecule has 0 atom stereocenters. The Kier molecular flexibility index (Phi) is 7.05. The first-order valence-electron chi connectivity index (χ1n) is 9.47. The summed E-state index contributed by atoms with van der Waals surface area (Å²) in [7, 11) is 0. The number of allylic oxidation sites excluding steroid dienone is 2. The molecule has 31 heavy (non-hydrogen) atoms. The Hall–Kier alpha value is -4.08. The fraction of sp³-hybridized carbons (Fsp3) is 0.190. The maximum Gasteiger partial charge on any atom is 0.258 e. The van der Waals surface area contributed by atoms with Crippen LogP contribution < -0.4 is 20.9 Å². The van der Waals surface area contributed by atoms with Crippen LogP contribution >= 0.6 is 0 Å². The standard InChI is InChI=1S/C21H22FN7O2/c1-14(27-17-5-3-16(22)4-6-17)18(7-8-23-2)28-20(31)15-11-25-21(26-12-15)29-10-9-24-19(30)13-29/h3-8,11-12,27H,2,9-10,13H2,1H3,(H,24,30)(H,28,31)/b8-7-,18-14-. The highest BCUT2D eigenvalue weighted by molar-refractivity contribution is 5.95. The summed E-state index contributed by atoms with van der Waals surface area (Å²) in [5.41, 5.74) is 1.95. The first-order chi connectivity index (χ1) is 15.0. The van der Waals surface area contributed by atoms with E-state index in [1.54, 1.807) is 30.0 Å². The van der Waals surface area contributed by atoms with Gasteiger partial charge in [-0.25, -0.2) is 14.4 Å². The van der Waals surface area contributed by atoms with Gasteiger partial charge in [0.1, 0.15) is 5.82 Å². The van der Waals surface area contributed by atoms with Crippen LogP contribution in [0.1, 0.15) is 17.3 Å². The van der Waals surface area contributed by atoms with E-state index in [1.807, 2.05) is 0 Å². The molecule has 3 N–H and O–H groups in total. The number of aromatic nitrogens is 2. The third kappa shape index (κ3) is 5.95. The van der Waals surface area contributed by atoms with Crippen molar-refractivity contribution in [3.05, 3.63) is 71.7 Å². The largest absolute Gasteiger partial charge is 0.357 e. The highest BCUT2D eigenvalue weighted by atomic mass is 19.1. The first-order valence-corrected chi connectivity index (χ1v) is 9.47. The first kappa shape index (κ1) is 21.6. The van der Waals surface area contributed by atoms with Crippen molar-refractivity contribution in [3.63, 3.8) is 0 Å². The number of amides is 2. The van der Waals surface area contributed by atoms with E-state index in [2.05, 4.69) is 37.6 Å². The minimum atomic E-state index is -0.424. The summed E-state index contributed by atoms with van der Waals surface area (Å²) >= 11 is 0. The molecule has 0 spiro atoms. The van der Waals surface area contributed by atoms with Crippen molar-refractivity contribution in [2.24, 2.45) is 4.99 Å². The Morgan fingerprint density at radius 2 is 2.00 bits per heavy atom. The summed E-state index contributed by atoms with van der Waals surface area (Å²) in [5, 5.41) is 8.61. The van der Waals surface area contributed by atoms with Crippen molar-refractivity contribution in [2.45, 2.75) is 6.92 Å². The molecular formula is C21H22FN7O2. The van der Waals surface area contributed by atoms with Crippen LogP contribution in [0.15, 0.2) is 65.3 Å². The predicted molar refractivity (Wildman–Crippen MR) is 116 cm³/mol. The molecule has 2 aromatic rings. The normalized spacial score (nSPS) is 14.6. The average molecular weight is 423 g/mol. The monoisotopic (exact) mass is 423 g/mol. The van der Waals surface area contributed by atoms with Gasteiger partial charge in [-0.3, -0.25) is 14.6 Å². The lowest BCUT2D eigenvalue weighted by Gasteiger charge is -2.26. The third-order valence-electron chi connectivity index (χ3n) is 4.40. The van der Waals surface area contributed by atoms with Crippen molar-refractivity contribution in [2.75, 3.05) is 29.9 Å². The zero-order chi connectivity index (χ0) is 22.2. The van der Waals surface area contributed by atoms with Gasteiger partial charge in [0.25, 0.3) is 5.91 Å². The Balaban J connectivity index is 1.73. The Morgan fingerprint density at radius 3 is 2.65 bits per heavy atom. The van der Waals surface area contributed by atoms with Crippen LogP contribution in [0.4, 0.5) is 16.0 Å². The molecule has 0 saturated carbocycles. The maximum absolute atomic E-state index is 13.1. The van der Waals surface area contributed by atoms with Gasteiger partial charge in [-0.05, 0) is 44.0 Å². The second kappa shape index (κ2) is 10.1. The Labute approximate surface area is 178 Å². The second-order valence-electron chi connectivity index (χ2n) is 6.67. The fourth-order valence-electron chi connectivity index (χ4n) is 2.81. The molecule has 0 aliphatic carbocycles. The molecular weight excluding hydrogens is 401 g/mol. The second-order valence-corrected chi connectivity index (χ2v) is 6.67. The summed E-state index contributed by atoms with van der Waals surface area (Å²) in [6.45, 7) is 6.44. The van der Waals surface area contributed by atoms with E-state index < -0.39 is 5.91 Å². The molecule has 1 fully saturated rings. The lowest BCUT2D eigenvalue weighted by atomic mass is 10.2. The highest BCUT2D eigenvalue weighted by Gasteiger charge is 2.19. The summed E-state index contributed by atoms with van der Waals surface area (Å²) in [6, 6.07) is 5.84. The van der Waals surface area contributed by atoms with E-state index in [9.17, 15) is 14.0 Å². The Bertz CT molecular complexity index is 1020. The molecule has 9 nitrogen and oxygen atoms in total. The molecule has 2 amide bonds. The molecule has 10 heteroatoms. The maximum atomic E-state index is 13.1. The number of nitrogens with zero attached hydrogens (tertiary/aromatic N) is 4. The van der Waals surface area contributed by atoms with Crippen LogP contribution in [-0.2, 0) is 4.79 Å². The van der Waals surface area contributed by atoms with Crippen LogP contribution in [0.3, 0.4) is 0 Å². The number of carbonyl (C=O) groups excluding carboxylic acids is 2. The smallest absolute Gasteiger partial charge is 0.258 e. The van der Waals surface area contributed by atoms with E-state index in [4.69, 9.17) is 0 Å². The molecule has 2 heterocycles. The number of rotatable bonds is 7. The van der Waals surface area contributed by atoms with Gasteiger partial charge in [0, 0.05) is 43.1 Å². The highest BCUT2D eigenvalue weighted by Crippen LogP contribution is 2.14. The number of aliphatic imine (C=N–C) groups is 1. The van der Waals surface area contributed by atoms with E-state index in [0.29, 0.717) is 36.1 Å². The summed E-state index contributed by atoms with van der Waals surface area (Å²) in [6.07, 6.45) is 5.82. The van der Waals surface area contributed by atoms with E-state index in [-0.39, 0.29) is 23.8 Å². The number of hydrogen-bond donors (Lipinski definition) is 3. The van der Waals surface area contributed by atoms with Crippen molar-refractivity contribution in [1.29, 1.82) is 0 Å². The molecule has 0 unspecified atom stereocenters. The quantitative estimate of drug-likeness (QED) is 0.463. The summed E-state index contributed by atoms with van der Waals surface area (Å²) in [5.74, 6) is -0.484. The van der Waals surface area contributed by atoms with Gasteiger partial charge in [0.2, 0.25) is 11.9 Å². The van der Waals surface area contributed by atoms with Gasteiger partial charge >= 0.3 is 0 Å². The van der Waals surface area contributed by atoms with Gasteiger partial charge in [0.15, 0.2) is 0 Å². The summed E-state index contributed by atoms with van der Waals surface area (Å²) in [4.78, 5) is 38.0. The Morgan fingerprint density at radius 1 is 1.29 bits per heavy atom. The number of carbonyl (C=O) groups is 2. The van der Waals surface area contributed by atoms with Gasteiger partial charge < -0.3 is 20.9 Å². The molecule has 1 saturated heterocycles.